The molecule has 0 aliphatic heterocycles. The average molecular weight is 205 g/mol. The van der Waals surface area contributed by atoms with Crippen LogP contribution in [-0.2, 0) is 16.3 Å². The molecule has 0 aliphatic rings. The van der Waals surface area contributed by atoms with Crippen molar-refractivity contribution >= 4 is 18.1 Å². The summed E-state index contributed by atoms with van der Waals surface area (Å²) in [5.74, 6) is 0.484. The van der Waals surface area contributed by atoms with E-state index in [0.29, 0.717) is 12.5 Å². The molecule has 0 unspecified atom stereocenters. The quantitative estimate of drug-likeness (QED) is 0.661. The summed E-state index contributed by atoms with van der Waals surface area (Å²) in [7, 11) is 0. The highest BCUT2D eigenvalue weighted by Crippen LogP contribution is 2.48. The van der Waals surface area contributed by atoms with E-state index < -0.39 is 6.26 Å². The van der Waals surface area contributed by atoms with E-state index in [4.69, 9.17) is 21.6 Å². The normalized spacial score (nSPS) is 18.3. The molecule has 0 amide bonds. The monoisotopic (exact) mass is 205 g/mol. The van der Waals surface area contributed by atoms with Crippen molar-refractivity contribution in [2.75, 3.05) is 13.3 Å². The Morgan fingerprint density at radius 1 is 1.50 bits per heavy atom. The summed E-state index contributed by atoms with van der Waals surface area (Å²) in [4.78, 5) is 0. The molecule has 4 heteroatoms. The fraction of sp³-hybridized carbons (Fsp3) is 0.875. The van der Waals surface area contributed by atoms with Crippen molar-refractivity contribution < 1.29 is 4.52 Å². The first-order valence-corrected chi connectivity index (χ1v) is 7.25. The van der Waals surface area contributed by atoms with Crippen LogP contribution in [0.25, 0.3) is 0 Å². The second-order valence-electron chi connectivity index (χ2n) is 3.40. The van der Waals surface area contributed by atoms with Crippen LogP contribution < -0.4 is 0 Å². The highest BCUT2D eigenvalue weighted by molar-refractivity contribution is 8.12. The first-order valence-electron chi connectivity index (χ1n) is 4.01. The molecule has 0 heterocycles. The number of nitrogens with zero attached hydrogens (tertiary/aromatic N) is 1. The second kappa shape index (κ2) is 4.97. The first kappa shape index (κ1) is 12.1. The van der Waals surface area contributed by atoms with Gasteiger partial charge in [-0.3, -0.25) is 0 Å². The maximum Gasteiger partial charge on any atom is 0.0946 e. The highest BCUT2D eigenvalue weighted by atomic mass is 32.4. The Bertz CT molecular complexity index is 222. The van der Waals surface area contributed by atoms with Crippen LogP contribution in [0.15, 0.2) is 0 Å². The minimum absolute atomic E-state index is 0.133. The molecule has 0 N–H and O–H groups in total. The molecule has 0 saturated carbocycles. The topological polar surface area (TPSA) is 33.0 Å². The summed E-state index contributed by atoms with van der Waals surface area (Å²) in [6.07, 6.45) is -1.87. The Labute approximate surface area is 80.0 Å². The molecular weight excluding hydrogens is 189 g/mol. The standard InChI is InChI=1S/C8H16NOPS/c1-7(2)6-10-11(4,12)8(3)5-9/h7-8H,6H2,1-4H3/t8-,11+/m0/s1. The maximum atomic E-state index is 8.67. The lowest BCUT2D eigenvalue weighted by atomic mass is 10.2. The maximum absolute atomic E-state index is 8.67. The van der Waals surface area contributed by atoms with Gasteiger partial charge in [0.05, 0.1) is 24.6 Å². The van der Waals surface area contributed by atoms with Gasteiger partial charge in [0, 0.05) is 0 Å². The van der Waals surface area contributed by atoms with Crippen LogP contribution in [0.4, 0.5) is 0 Å². The van der Waals surface area contributed by atoms with Crippen molar-refractivity contribution in [3.05, 3.63) is 0 Å². The molecule has 2 atom stereocenters. The van der Waals surface area contributed by atoms with Gasteiger partial charge in [0.25, 0.3) is 0 Å². The average Bonchev–Trinajstić information content (AvgIpc) is 1.99. The molecule has 0 fully saturated rings. The summed E-state index contributed by atoms with van der Waals surface area (Å²) in [6.45, 7) is 8.54. The largest absolute Gasteiger partial charge is 0.349 e. The predicted molar refractivity (Wildman–Crippen MR) is 56.1 cm³/mol. The molecule has 0 rings (SSSR count). The molecule has 0 bridgehead atoms. The summed E-state index contributed by atoms with van der Waals surface area (Å²) in [6, 6.07) is 2.15. The number of rotatable bonds is 4. The van der Waals surface area contributed by atoms with Gasteiger partial charge in [-0.15, -0.1) is 0 Å². The van der Waals surface area contributed by atoms with Gasteiger partial charge < -0.3 is 4.52 Å². The van der Waals surface area contributed by atoms with Crippen molar-refractivity contribution in [3.63, 3.8) is 0 Å². The van der Waals surface area contributed by atoms with Gasteiger partial charge in [-0.2, -0.15) is 5.26 Å². The van der Waals surface area contributed by atoms with Crippen LogP contribution in [0.5, 0.6) is 0 Å². The van der Waals surface area contributed by atoms with E-state index in [-0.39, 0.29) is 5.66 Å². The predicted octanol–water partition coefficient (Wildman–Crippen LogP) is 2.60. The molecule has 0 aromatic heterocycles. The van der Waals surface area contributed by atoms with E-state index in [9.17, 15) is 0 Å². The third kappa shape index (κ3) is 4.21. The minimum atomic E-state index is -1.87. The zero-order chi connectivity index (χ0) is 9.78. The Hall–Kier alpha value is 0.100. The van der Waals surface area contributed by atoms with Gasteiger partial charge in [0.15, 0.2) is 0 Å². The van der Waals surface area contributed by atoms with Gasteiger partial charge in [-0.1, -0.05) is 25.7 Å². The van der Waals surface area contributed by atoms with Gasteiger partial charge >= 0.3 is 0 Å². The third-order valence-corrected chi connectivity index (χ3v) is 5.00. The van der Waals surface area contributed by atoms with E-state index in [1.807, 2.05) is 13.6 Å². The van der Waals surface area contributed by atoms with Crippen molar-refractivity contribution in [1.29, 1.82) is 5.26 Å². The van der Waals surface area contributed by atoms with Crippen molar-refractivity contribution in [2.45, 2.75) is 26.4 Å². The van der Waals surface area contributed by atoms with Crippen LogP contribution in [0.2, 0.25) is 0 Å². The van der Waals surface area contributed by atoms with Gasteiger partial charge in [-0.05, 0) is 19.5 Å². The Morgan fingerprint density at radius 3 is 2.33 bits per heavy atom. The van der Waals surface area contributed by atoms with E-state index in [2.05, 4.69) is 19.9 Å². The van der Waals surface area contributed by atoms with Crippen LogP contribution in [-0.4, -0.2) is 18.9 Å². The van der Waals surface area contributed by atoms with E-state index in [0.717, 1.165) is 0 Å². The van der Waals surface area contributed by atoms with Gasteiger partial charge in [-0.25, -0.2) is 0 Å². The van der Waals surface area contributed by atoms with Crippen LogP contribution in [0.1, 0.15) is 20.8 Å². The van der Waals surface area contributed by atoms with E-state index >= 15 is 0 Å². The van der Waals surface area contributed by atoms with Crippen LogP contribution >= 0.6 is 6.26 Å². The molecule has 70 valence electrons. The van der Waals surface area contributed by atoms with Crippen molar-refractivity contribution in [2.24, 2.45) is 5.92 Å². The number of hydrogen-bond donors (Lipinski definition) is 0. The van der Waals surface area contributed by atoms with E-state index in [1.54, 1.807) is 0 Å². The lowest BCUT2D eigenvalue weighted by Crippen LogP contribution is -2.06. The molecule has 0 aromatic carbocycles. The molecule has 0 radical (unpaired) electrons. The molecule has 0 spiro atoms. The Kier molecular flexibility index (Phi) is 5.01. The summed E-state index contributed by atoms with van der Waals surface area (Å²) in [5, 5.41) is 8.67. The molecule has 12 heavy (non-hydrogen) atoms. The summed E-state index contributed by atoms with van der Waals surface area (Å²) < 4.78 is 5.55. The minimum Gasteiger partial charge on any atom is -0.349 e. The fourth-order valence-corrected chi connectivity index (χ4v) is 1.87. The third-order valence-electron chi connectivity index (χ3n) is 1.55. The SMILES string of the molecule is CC(C)CO[P@](C)(=S)[C@@H](C)C#N. The number of hydrogen-bond acceptors (Lipinski definition) is 3. The second-order valence-corrected chi connectivity index (χ2v) is 8.43. The molecule has 0 aromatic rings. The van der Waals surface area contributed by atoms with Crippen molar-refractivity contribution in [1.82, 2.24) is 0 Å². The number of nitriles is 1. The zero-order valence-corrected chi connectivity index (χ0v) is 9.78. The smallest absolute Gasteiger partial charge is 0.0946 e. The Balaban J connectivity index is 4.07. The van der Waals surface area contributed by atoms with Crippen molar-refractivity contribution in [3.8, 4) is 6.07 Å². The highest BCUT2D eigenvalue weighted by Gasteiger charge is 2.19. The molecule has 2 nitrogen and oxygen atoms in total. The van der Waals surface area contributed by atoms with Gasteiger partial charge in [0.1, 0.15) is 0 Å². The van der Waals surface area contributed by atoms with Crippen LogP contribution in [0.3, 0.4) is 0 Å². The molecule has 0 aliphatic carbocycles. The molecule has 0 saturated heterocycles. The summed E-state index contributed by atoms with van der Waals surface area (Å²) in [5.41, 5.74) is -0.133. The first-order chi connectivity index (χ1) is 5.40. The van der Waals surface area contributed by atoms with E-state index in [1.165, 1.54) is 0 Å². The fourth-order valence-electron chi connectivity index (χ4n) is 0.514. The lowest BCUT2D eigenvalue weighted by Gasteiger charge is -2.20. The van der Waals surface area contributed by atoms with Gasteiger partial charge in [0.2, 0.25) is 0 Å². The summed E-state index contributed by atoms with van der Waals surface area (Å²) >= 11 is 5.25. The van der Waals surface area contributed by atoms with Crippen LogP contribution in [0, 0.1) is 17.2 Å². The Morgan fingerprint density at radius 2 is 2.00 bits per heavy atom. The zero-order valence-electron chi connectivity index (χ0n) is 8.07. The molecular formula is C8H16NOPS. The lowest BCUT2D eigenvalue weighted by molar-refractivity contribution is 0.297.